The molecule has 0 fully saturated rings. The highest BCUT2D eigenvalue weighted by atomic mass is 16.5. The number of carbonyl (C=O) groups excluding carboxylic acids is 1. The van der Waals surface area contributed by atoms with Crippen molar-refractivity contribution in [2.75, 3.05) is 7.11 Å². The van der Waals surface area contributed by atoms with Gasteiger partial charge in [-0.3, -0.25) is 9.59 Å². The fourth-order valence-electron chi connectivity index (χ4n) is 2.26. The third-order valence-electron chi connectivity index (χ3n) is 3.64. The van der Waals surface area contributed by atoms with Gasteiger partial charge in [0.15, 0.2) is 11.5 Å². The highest BCUT2D eigenvalue weighted by Gasteiger charge is 2.15. The normalized spacial score (nSPS) is 10.5. The largest absolute Gasteiger partial charge is 0.504 e. The average Bonchev–Trinajstić information content (AvgIpc) is 3.01. The molecule has 0 aliphatic heterocycles. The first-order valence-electron chi connectivity index (χ1n) is 7.64. The van der Waals surface area contributed by atoms with Gasteiger partial charge in [-0.15, -0.1) is 0 Å². The van der Waals surface area contributed by atoms with Crippen molar-refractivity contribution >= 4 is 5.91 Å². The highest BCUT2D eigenvalue weighted by molar-refractivity contribution is 5.91. The van der Waals surface area contributed by atoms with E-state index >= 15 is 0 Å². The number of nitrogens with zero attached hydrogens (tertiary/aromatic N) is 2. The summed E-state index contributed by atoms with van der Waals surface area (Å²) in [7, 11) is 1.46. The minimum Gasteiger partial charge on any atom is -0.504 e. The molecule has 0 atom stereocenters. The van der Waals surface area contributed by atoms with E-state index in [1.807, 2.05) is 0 Å². The maximum absolute atomic E-state index is 12.0. The Morgan fingerprint density at radius 1 is 1.42 bits per heavy atom. The molecule has 26 heavy (non-hydrogen) atoms. The van der Waals surface area contributed by atoms with Crippen molar-refractivity contribution in [3.63, 3.8) is 0 Å². The number of aromatic nitrogens is 3. The molecule has 0 bridgehead atoms. The first-order valence-corrected chi connectivity index (χ1v) is 7.64. The lowest BCUT2D eigenvalue weighted by molar-refractivity contribution is 0.0945. The van der Waals surface area contributed by atoms with Gasteiger partial charge in [-0.25, -0.2) is 9.97 Å². The van der Waals surface area contributed by atoms with E-state index in [-0.39, 0.29) is 23.5 Å². The van der Waals surface area contributed by atoms with Crippen molar-refractivity contribution in [3.05, 3.63) is 58.1 Å². The molecule has 2 heterocycles. The highest BCUT2D eigenvalue weighted by Crippen LogP contribution is 2.31. The maximum atomic E-state index is 12.0. The fraction of sp³-hybridized carbons (Fsp3) is 0.176. The minimum atomic E-state index is -0.452. The Bertz CT molecular complexity index is 988. The molecule has 0 unspecified atom stereocenters. The number of hydrogen-bond donors (Lipinski definition) is 3. The molecule has 0 spiro atoms. The van der Waals surface area contributed by atoms with Gasteiger partial charge < -0.3 is 24.6 Å². The van der Waals surface area contributed by atoms with Gasteiger partial charge in [0.1, 0.15) is 17.1 Å². The van der Waals surface area contributed by atoms with Crippen LogP contribution in [0, 0.1) is 6.92 Å². The van der Waals surface area contributed by atoms with Crippen LogP contribution in [0.25, 0.3) is 11.5 Å². The Hall–Kier alpha value is -3.62. The number of rotatable bonds is 5. The number of hydrogen-bond acceptors (Lipinski definition) is 7. The number of phenolic OH excluding ortho intramolecular Hbond substituents is 1. The number of aryl methyl sites for hydroxylation is 1. The van der Waals surface area contributed by atoms with Crippen LogP contribution in [0.3, 0.4) is 0 Å². The lowest BCUT2D eigenvalue weighted by Gasteiger charge is -2.03. The lowest BCUT2D eigenvalue weighted by atomic mass is 10.2. The van der Waals surface area contributed by atoms with Crippen LogP contribution in [0.5, 0.6) is 11.5 Å². The van der Waals surface area contributed by atoms with Crippen molar-refractivity contribution in [2.45, 2.75) is 13.5 Å². The number of methoxy groups -OCH3 is 1. The first-order chi connectivity index (χ1) is 12.5. The molecule has 0 saturated carbocycles. The van der Waals surface area contributed by atoms with Crippen molar-refractivity contribution < 1.29 is 19.1 Å². The number of H-pyrrole nitrogens is 1. The van der Waals surface area contributed by atoms with E-state index in [4.69, 9.17) is 9.15 Å². The Labute approximate surface area is 147 Å². The molecule has 9 nitrogen and oxygen atoms in total. The van der Waals surface area contributed by atoms with Gasteiger partial charge >= 0.3 is 0 Å². The summed E-state index contributed by atoms with van der Waals surface area (Å²) in [5, 5.41) is 12.5. The summed E-state index contributed by atoms with van der Waals surface area (Å²) in [5.74, 6) is 0.710. The molecule has 0 aliphatic rings. The minimum absolute atomic E-state index is 0.0279. The second-order valence-electron chi connectivity index (χ2n) is 5.39. The Balaban J connectivity index is 1.74. The molecule has 3 N–H and O–H groups in total. The second kappa shape index (κ2) is 7.09. The topological polar surface area (TPSA) is 130 Å². The molecule has 1 aromatic carbocycles. The third kappa shape index (κ3) is 3.56. The van der Waals surface area contributed by atoms with Gasteiger partial charge in [0.05, 0.1) is 19.9 Å². The monoisotopic (exact) mass is 356 g/mol. The molecule has 9 heteroatoms. The summed E-state index contributed by atoms with van der Waals surface area (Å²) in [6.07, 6.45) is 2.27. The molecule has 3 aromatic rings. The standard InChI is InChI=1S/C17H16N4O5/c1-9-11(6-20-16(24)12-7-19-15(23)8-18-12)21-17(26-9)10-3-4-14(25-2)13(22)5-10/h3-5,7-8,22H,6H2,1-2H3,(H,19,23)(H,20,24). The number of nitrogens with one attached hydrogen (secondary N) is 2. The second-order valence-corrected chi connectivity index (χ2v) is 5.39. The van der Waals surface area contributed by atoms with Crippen molar-refractivity contribution in [2.24, 2.45) is 0 Å². The number of phenols is 1. The lowest BCUT2D eigenvalue weighted by Crippen LogP contribution is -2.25. The summed E-state index contributed by atoms with van der Waals surface area (Å²) in [4.78, 5) is 33.5. The van der Waals surface area contributed by atoms with Crippen LogP contribution in [-0.4, -0.2) is 33.1 Å². The van der Waals surface area contributed by atoms with Gasteiger partial charge in [-0.2, -0.15) is 0 Å². The molecular formula is C17H16N4O5. The Kier molecular flexibility index (Phi) is 4.70. The van der Waals surface area contributed by atoms with Gasteiger partial charge in [0.2, 0.25) is 5.89 Å². The number of aromatic amines is 1. The maximum Gasteiger partial charge on any atom is 0.271 e. The van der Waals surface area contributed by atoms with Crippen molar-refractivity contribution in [1.29, 1.82) is 0 Å². The van der Waals surface area contributed by atoms with Crippen LogP contribution in [0.4, 0.5) is 0 Å². The van der Waals surface area contributed by atoms with Crippen LogP contribution < -0.4 is 15.6 Å². The third-order valence-corrected chi connectivity index (χ3v) is 3.64. The number of carbonyl (C=O) groups is 1. The van der Waals surface area contributed by atoms with Gasteiger partial charge in [0.25, 0.3) is 11.5 Å². The number of oxazole rings is 1. The predicted octanol–water partition coefficient (Wildman–Crippen LogP) is 1.38. The van der Waals surface area contributed by atoms with Gasteiger partial charge in [0, 0.05) is 11.8 Å². The molecule has 3 rings (SSSR count). The van der Waals surface area contributed by atoms with Crippen molar-refractivity contribution in [1.82, 2.24) is 20.3 Å². The SMILES string of the molecule is COc1ccc(-c2nc(CNC(=O)c3c[nH]c(=O)cn3)c(C)o2)cc1O. The zero-order chi connectivity index (χ0) is 18.7. The van der Waals surface area contributed by atoms with E-state index in [2.05, 4.69) is 20.3 Å². The summed E-state index contributed by atoms with van der Waals surface area (Å²) in [6, 6.07) is 4.79. The van der Waals surface area contributed by atoms with E-state index in [0.717, 1.165) is 6.20 Å². The van der Waals surface area contributed by atoms with Crippen LogP contribution in [0.1, 0.15) is 21.9 Å². The zero-order valence-corrected chi connectivity index (χ0v) is 14.1. The molecule has 1 amide bonds. The van der Waals surface area contributed by atoms with E-state index in [1.165, 1.54) is 19.4 Å². The fourth-order valence-corrected chi connectivity index (χ4v) is 2.26. The number of amides is 1. The zero-order valence-electron chi connectivity index (χ0n) is 14.1. The quantitative estimate of drug-likeness (QED) is 0.629. The van der Waals surface area contributed by atoms with E-state index in [1.54, 1.807) is 19.1 Å². The van der Waals surface area contributed by atoms with E-state index in [0.29, 0.717) is 28.7 Å². The molecule has 134 valence electrons. The van der Waals surface area contributed by atoms with Gasteiger partial charge in [-0.05, 0) is 25.1 Å². The Morgan fingerprint density at radius 3 is 2.88 bits per heavy atom. The smallest absolute Gasteiger partial charge is 0.271 e. The molecule has 0 aliphatic carbocycles. The summed E-state index contributed by atoms with van der Waals surface area (Å²) < 4.78 is 10.6. The van der Waals surface area contributed by atoms with Crippen LogP contribution in [0.15, 0.2) is 39.8 Å². The molecular weight excluding hydrogens is 340 g/mol. The molecule has 2 aromatic heterocycles. The summed E-state index contributed by atoms with van der Waals surface area (Å²) in [5.41, 5.74) is 0.812. The van der Waals surface area contributed by atoms with E-state index in [9.17, 15) is 14.7 Å². The first kappa shape index (κ1) is 17.2. The van der Waals surface area contributed by atoms with Crippen molar-refractivity contribution in [3.8, 4) is 23.0 Å². The van der Waals surface area contributed by atoms with E-state index < -0.39 is 5.91 Å². The predicted molar refractivity (Wildman–Crippen MR) is 90.9 cm³/mol. The van der Waals surface area contributed by atoms with Gasteiger partial charge in [-0.1, -0.05) is 0 Å². The molecule has 0 saturated heterocycles. The number of aromatic hydroxyl groups is 1. The Morgan fingerprint density at radius 2 is 2.23 bits per heavy atom. The van der Waals surface area contributed by atoms with Crippen LogP contribution in [-0.2, 0) is 6.54 Å². The number of ether oxygens (including phenoxy) is 1. The summed E-state index contributed by atoms with van der Waals surface area (Å²) in [6.45, 7) is 1.84. The number of benzene rings is 1. The van der Waals surface area contributed by atoms with Crippen LogP contribution >= 0.6 is 0 Å². The molecule has 0 radical (unpaired) electrons. The van der Waals surface area contributed by atoms with Crippen LogP contribution in [0.2, 0.25) is 0 Å². The average molecular weight is 356 g/mol. The summed E-state index contributed by atoms with van der Waals surface area (Å²) >= 11 is 0.